The van der Waals surface area contributed by atoms with Crippen LogP contribution in [-0.2, 0) is 0 Å². The Morgan fingerprint density at radius 3 is 1.36 bits per heavy atom. The van der Waals surface area contributed by atoms with Gasteiger partial charge in [-0.25, -0.2) is 0 Å². The van der Waals surface area contributed by atoms with Gasteiger partial charge in [0.25, 0.3) is 0 Å². The number of fused-ring (bicyclic) bond motifs is 10. The smallest absolute Gasteiger partial charge is 0.0641 e. The molecule has 0 spiro atoms. The average Bonchev–Trinajstić information content (AvgIpc) is 4.07. The first kappa shape index (κ1) is 39.0. The van der Waals surface area contributed by atoms with E-state index in [1.807, 2.05) is 0 Å². The summed E-state index contributed by atoms with van der Waals surface area (Å²) in [6.07, 6.45) is 0. The van der Waals surface area contributed by atoms with Crippen LogP contribution in [0.15, 0.2) is 261 Å². The summed E-state index contributed by atoms with van der Waals surface area (Å²) in [7, 11) is 0. The van der Waals surface area contributed by atoms with Crippen molar-refractivity contribution in [3.63, 3.8) is 0 Å². The number of hydrogen-bond acceptors (Lipinski definition) is 0. The lowest BCUT2D eigenvalue weighted by Gasteiger charge is -2.19. The Kier molecular flexibility index (Phi) is 8.90. The molecular weight excluding hydrogens is 835 g/mol. The molecule has 0 unspecified atom stereocenters. The molecule has 0 N–H and O–H groups in total. The summed E-state index contributed by atoms with van der Waals surface area (Å²) in [5.74, 6) is 0. The van der Waals surface area contributed by atoms with Crippen molar-refractivity contribution in [2.45, 2.75) is 0 Å². The maximum atomic E-state index is 2.50. The van der Waals surface area contributed by atoms with E-state index >= 15 is 0 Å². The molecule has 0 atom stereocenters. The van der Waals surface area contributed by atoms with Gasteiger partial charge in [-0.3, -0.25) is 0 Å². The van der Waals surface area contributed by atoms with E-state index in [1.54, 1.807) is 0 Å². The van der Waals surface area contributed by atoms with Crippen LogP contribution in [0, 0.1) is 0 Å². The lowest BCUT2D eigenvalue weighted by Crippen LogP contribution is -2.00. The second kappa shape index (κ2) is 15.7. The number of hydrogen-bond donors (Lipinski definition) is 0. The van der Waals surface area contributed by atoms with Gasteiger partial charge in [-0.15, -0.1) is 0 Å². The highest BCUT2D eigenvalue weighted by Crippen LogP contribution is 2.46. The predicted molar refractivity (Wildman–Crippen MR) is 291 cm³/mol. The molecule has 3 heterocycles. The van der Waals surface area contributed by atoms with E-state index in [9.17, 15) is 0 Å². The molecule has 0 bridgehead atoms. The second-order valence-corrected chi connectivity index (χ2v) is 18.0. The minimum atomic E-state index is 1.14. The van der Waals surface area contributed by atoms with Crippen molar-refractivity contribution in [1.82, 2.24) is 13.7 Å². The van der Waals surface area contributed by atoms with Crippen LogP contribution >= 0.6 is 0 Å². The van der Waals surface area contributed by atoms with Gasteiger partial charge >= 0.3 is 0 Å². The van der Waals surface area contributed by atoms with Crippen LogP contribution in [0.3, 0.4) is 0 Å². The van der Waals surface area contributed by atoms with Crippen molar-refractivity contribution in [2.75, 3.05) is 0 Å². The molecule has 14 rings (SSSR count). The summed E-state index contributed by atoms with van der Waals surface area (Å²) in [4.78, 5) is 0. The first-order chi connectivity index (χ1) is 34.3. The molecule has 0 aliphatic heterocycles. The average molecular weight is 878 g/mol. The zero-order chi connectivity index (χ0) is 45.4. The van der Waals surface area contributed by atoms with Gasteiger partial charge in [-0.2, -0.15) is 0 Å². The van der Waals surface area contributed by atoms with Crippen molar-refractivity contribution >= 4 is 65.4 Å². The molecule has 69 heavy (non-hydrogen) atoms. The van der Waals surface area contributed by atoms with Crippen LogP contribution in [0.1, 0.15) is 0 Å². The lowest BCUT2D eigenvalue weighted by atomic mass is 9.95. The van der Waals surface area contributed by atoms with E-state index in [2.05, 4.69) is 275 Å². The van der Waals surface area contributed by atoms with Gasteiger partial charge in [0.1, 0.15) is 0 Å². The summed E-state index contributed by atoms with van der Waals surface area (Å²) >= 11 is 0. The molecule has 0 amide bonds. The molecule has 3 heteroatoms. The summed E-state index contributed by atoms with van der Waals surface area (Å²) < 4.78 is 7.47. The maximum absolute atomic E-state index is 2.50. The van der Waals surface area contributed by atoms with Crippen LogP contribution in [0.5, 0.6) is 0 Å². The molecule has 0 aliphatic carbocycles. The Bertz CT molecular complexity index is 4210. The number of benzene rings is 11. The molecule has 0 aliphatic rings. The van der Waals surface area contributed by atoms with E-state index in [0.29, 0.717) is 0 Å². The van der Waals surface area contributed by atoms with E-state index in [-0.39, 0.29) is 0 Å². The molecule has 322 valence electrons. The van der Waals surface area contributed by atoms with Gasteiger partial charge < -0.3 is 13.7 Å². The monoisotopic (exact) mass is 877 g/mol. The highest BCUT2D eigenvalue weighted by molar-refractivity contribution is 6.26. The first-order valence-electron chi connectivity index (χ1n) is 23.8. The molecule has 3 aromatic heterocycles. The Balaban J connectivity index is 0.995. The number of para-hydroxylation sites is 5. The fourth-order valence-corrected chi connectivity index (χ4v) is 11.2. The zero-order valence-corrected chi connectivity index (χ0v) is 37.7. The molecule has 14 aromatic rings. The van der Waals surface area contributed by atoms with Crippen molar-refractivity contribution in [1.29, 1.82) is 0 Å². The molecule has 0 saturated carbocycles. The van der Waals surface area contributed by atoms with Gasteiger partial charge in [0, 0.05) is 54.7 Å². The van der Waals surface area contributed by atoms with Crippen LogP contribution in [0.4, 0.5) is 0 Å². The fraction of sp³-hybridized carbons (Fsp3) is 0. The van der Waals surface area contributed by atoms with Crippen molar-refractivity contribution < 1.29 is 0 Å². The summed E-state index contributed by atoms with van der Waals surface area (Å²) in [5, 5.41) is 7.39. The van der Waals surface area contributed by atoms with E-state index in [0.717, 1.165) is 11.4 Å². The third kappa shape index (κ3) is 6.07. The number of rotatable bonds is 7. The highest BCUT2D eigenvalue weighted by Gasteiger charge is 2.24. The summed E-state index contributed by atoms with van der Waals surface area (Å²) in [6, 6.07) is 95.4. The van der Waals surface area contributed by atoms with Gasteiger partial charge in [-0.1, -0.05) is 206 Å². The standard InChI is InChI=1S/C66H43N3/c1-4-19-44(20-5-1)45-35-38-49(39-36-45)67-59-32-15-11-26-53(59)55-40-42-63-64(66(55)67)56-28-13-17-34-61(56)68(63)58-31-14-10-25-50(58)48-37-41-62-57(43-48)54-27-12-16-33-60(54)69(62)65-51(46-21-6-2-7-22-46)29-18-30-52(65)47-23-8-3-9-24-47/h1-43H. The largest absolute Gasteiger partial charge is 0.309 e. The van der Waals surface area contributed by atoms with E-state index in [1.165, 1.54) is 116 Å². The zero-order valence-electron chi connectivity index (χ0n) is 37.7. The van der Waals surface area contributed by atoms with Crippen molar-refractivity contribution in [2.24, 2.45) is 0 Å². The van der Waals surface area contributed by atoms with Crippen LogP contribution in [0.25, 0.3) is 127 Å². The molecule has 0 radical (unpaired) electrons. The van der Waals surface area contributed by atoms with Crippen molar-refractivity contribution in [3.8, 4) is 61.6 Å². The maximum Gasteiger partial charge on any atom is 0.0641 e. The second-order valence-electron chi connectivity index (χ2n) is 18.0. The Labute approximate surface area is 399 Å². The molecule has 0 saturated heterocycles. The lowest BCUT2D eigenvalue weighted by molar-refractivity contribution is 1.17. The molecule has 11 aromatic carbocycles. The first-order valence-corrected chi connectivity index (χ1v) is 23.8. The van der Waals surface area contributed by atoms with E-state index in [4.69, 9.17) is 0 Å². The van der Waals surface area contributed by atoms with E-state index < -0.39 is 0 Å². The van der Waals surface area contributed by atoms with Gasteiger partial charge in [0.15, 0.2) is 0 Å². The third-order valence-electron chi connectivity index (χ3n) is 14.3. The summed E-state index contributed by atoms with van der Waals surface area (Å²) in [5.41, 5.74) is 20.1. The topological polar surface area (TPSA) is 14.8 Å². The van der Waals surface area contributed by atoms with Crippen LogP contribution < -0.4 is 0 Å². The summed E-state index contributed by atoms with van der Waals surface area (Å²) in [6.45, 7) is 0. The van der Waals surface area contributed by atoms with Gasteiger partial charge in [0.05, 0.1) is 44.5 Å². The quantitative estimate of drug-likeness (QED) is 0.152. The molecule has 0 fully saturated rings. The normalized spacial score (nSPS) is 11.8. The van der Waals surface area contributed by atoms with Crippen LogP contribution in [-0.4, -0.2) is 13.7 Å². The Morgan fingerprint density at radius 1 is 0.232 bits per heavy atom. The number of aromatic nitrogens is 3. The molecule has 3 nitrogen and oxygen atoms in total. The Morgan fingerprint density at radius 2 is 0.696 bits per heavy atom. The fourth-order valence-electron chi connectivity index (χ4n) is 11.2. The number of nitrogens with zero attached hydrogens (tertiary/aromatic N) is 3. The minimum absolute atomic E-state index is 1.14. The minimum Gasteiger partial charge on any atom is -0.309 e. The molecular formula is C66H43N3. The van der Waals surface area contributed by atoms with Crippen LogP contribution in [0.2, 0.25) is 0 Å². The van der Waals surface area contributed by atoms with Crippen molar-refractivity contribution in [3.05, 3.63) is 261 Å². The Hall–Kier alpha value is -9.18. The van der Waals surface area contributed by atoms with Gasteiger partial charge in [-0.05, 0) is 82.4 Å². The highest BCUT2D eigenvalue weighted by atomic mass is 15.0. The SMILES string of the molecule is c1ccc(-c2ccc(-n3c4ccccc4c4ccc5c(c6ccccc6n5-c5ccccc5-c5ccc6c(c5)c5ccccc5n6-c5c(-c6ccccc6)cccc5-c5ccccc5)c43)cc2)cc1. The third-order valence-corrected chi connectivity index (χ3v) is 14.3. The predicted octanol–water partition coefficient (Wildman–Crippen LogP) is 17.6. The van der Waals surface area contributed by atoms with Gasteiger partial charge in [0.2, 0.25) is 0 Å².